The number of amides is 2. The van der Waals surface area contributed by atoms with Crippen LogP contribution in [-0.4, -0.2) is 24.4 Å². The normalized spacial score (nSPS) is 15.8. The van der Waals surface area contributed by atoms with Crippen LogP contribution in [0.2, 0.25) is 0 Å². The molecule has 0 saturated heterocycles. The minimum absolute atomic E-state index is 0.0338. The topological polar surface area (TPSA) is 58.2 Å². The number of benzene rings is 1. The average Bonchev–Trinajstić information content (AvgIpc) is 2.77. The maximum Gasteiger partial charge on any atom is 0.224 e. The first kappa shape index (κ1) is 16.5. The number of rotatable bonds is 6. The fraction of sp³-hybridized carbons (Fsp3) is 0.556. The van der Waals surface area contributed by atoms with Gasteiger partial charge in [0.05, 0.1) is 6.42 Å². The van der Waals surface area contributed by atoms with E-state index in [1.165, 1.54) is 25.7 Å². The third-order valence-electron chi connectivity index (χ3n) is 4.10. The number of carbonyl (C=O) groups is 2. The van der Waals surface area contributed by atoms with E-state index in [2.05, 4.69) is 10.6 Å². The lowest BCUT2D eigenvalue weighted by molar-refractivity contribution is -0.122. The van der Waals surface area contributed by atoms with Crippen LogP contribution in [0.5, 0.6) is 0 Å². The summed E-state index contributed by atoms with van der Waals surface area (Å²) in [6.07, 6.45) is 7.88. The molecule has 2 amide bonds. The van der Waals surface area contributed by atoms with Gasteiger partial charge in [0.2, 0.25) is 11.8 Å². The van der Waals surface area contributed by atoms with Gasteiger partial charge in [-0.2, -0.15) is 0 Å². The van der Waals surface area contributed by atoms with Crippen molar-refractivity contribution in [1.29, 1.82) is 0 Å². The minimum atomic E-state index is -0.0338. The molecule has 1 fully saturated rings. The van der Waals surface area contributed by atoms with Crippen molar-refractivity contribution in [2.45, 2.75) is 57.4 Å². The van der Waals surface area contributed by atoms with Crippen LogP contribution in [0.25, 0.3) is 0 Å². The predicted molar refractivity (Wildman–Crippen MR) is 87.4 cm³/mol. The van der Waals surface area contributed by atoms with Crippen molar-refractivity contribution >= 4 is 11.8 Å². The minimum Gasteiger partial charge on any atom is -0.355 e. The van der Waals surface area contributed by atoms with Gasteiger partial charge >= 0.3 is 0 Å². The fourth-order valence-electron chi connectivity index (χ4n) is 2.88. The van der Waals surface area contributed by atoms with Crippen LogP contribution in [0, 0.1) is 0 Å². The first-order valence-electron chi connectivity index (χ1n) is 8.34. The summed E-state index contributed by atoms with van der Waals surface area (Å²) < 4.78 is 0. The molecule has 0 aromatic heterocycles. The molecule has 0 bridgehead atoms. The van der Waals surface area contributed by atoms with Crippen molar-refractivity contribution in [2.24, 2.45) is 0 Å². The van der Waals surface area contributed by atoms with Crippen LogP contribution >= 0.6 is 0 Å². The Morgan fingerprint density at radius 3 is 2.32 bits per heavy atom. The lowest BCUT2D eigenvalue weighted by Gasteiger charge is -2.16. The van der Waals surface area contributed by atoms with Crippen LogP contribution in [0.3, 0.4) is 0 Å². The van der Waals surface area contributed by atoms with Gasteiger partial charge in [0.15, 0.2) is 0 Å². The van der Waals surface area contributed by atoms with Crippen molar-refractivity contribution in [3.8, 4) is 0 Å². The highest BCUT2D eigenvalue weighted by Crippen LogP contribution is 2.17. The van der Waals surface area contributed by atoms with Gasteiger partial charge in [-0.1, -0.05) is 56.0 Å². The van der Waals surface area contributed by atoms with Crippen LogP contribution in [-0.2, 0) is 16.0 Å². The van der Waals surface area contributed by atoms with E-state index in [9.17, 15) is 9.59 Å². The zero-order valence-corrected chi connectivity index (χ0v) is 13.1. The summed E-state index contributed by atoms with van der Waals surface area (Å²) in [7, 11) is 0. The van der Waals surface area contributed by atoms with Crippen molar-refractivity contribution in [3.63, 3.8) is 0 Å². The standard InChI is InChI=1S/C18H26N2O2/c21-17(20-16-10-6-1-2-7-11-16)12-13-19-18(22)14-15-8-4-3-5-9-15/h3-5,8-9,16H,1-2,6-7,10-14H2,(H,19,22)(H,20,21). The highest BCUT2D eigenvalue weighted by Gasteiger charge is 2.14. The Morgan fingerprint density at radius 2 is 1.64 bits per heavy atom. The second-order valence-corrected chi connectivity index (χ2v) is 6.02. The maximum absolute atomic E-state index is 11.9. The van der Waals surface area contributed by atoms with Gasteiger partial charge in [0, 0.05) is 19.0 Å². The summed E-state index contributed by atoms with van der Waals surface area (Å²) in [6, 6.07) is 9.96. The van der Waals surface area contributed by atoms with Gasteiger partial charge in [0.25, 0.3) is 0 Å². The summed E-state index contributed by atoms with van der Waals surface area (Å²) in [6.45, 7) is 0.407. The molecule has 2 N–H and O–H groups in total. The van der Waals surface area contributed by atoms with Crippen LogP contribution in [0.1, 0.15) is 50.5 Å². The monoisotopic (exact) mass is 302 g/mol. The van der Waals surface area contributed by atoms with Crippen molar-refractivity contribution < 1.29 is 9.59 Å². The SMILES string of the molecule is O=C(Cc1ccccc1)NCCC(=O)NC1CCCCCC1. The molecule has 2 rings (SSSR count). The van der Waals surface area contributed by atoms with E-state index in [1.807, 2.05) is 30.3 Å². The molecule has 0 atom stereocenters. The second-order valence-electron chi connectivity index (χ2n) is 6.02. The summed E-state index contributed by atoms with van der Waals surface area (Å²) in [5.41, 5.74) is 0.989. The van der Waals surface area contributed by atoms with Gasteiger partial charge in [-0.3, -0.25) is 9.59 Å². The highest BCUT2D eigenvalue weighted by atomic mass is 16.2. The molecule has 1 aliphatic rings. The molecule has 22 heavy (non-hydrogen) atoms. The van der Waals surface area contributed by atoms with E-state index < -0.39 is 0 Å². The molecular weight excluding hydrogens is 276 g/mol. The summed E-state index contributed by atoms with van der Waals surface area (Å²) >= 11 is 0. The van der Waals surface area contributed by atoms with E-state index in [0.29, 0.717) is 25.4 Å². The lowest BCUT2D eigenvalue weighted by Crippen LogP contribution is -2.37. The summed E-state index contributed by atoms with van der Waals surface area (Å²) in [5, 5.41) is 5.90. The van der Waals surface area contributed by atoms with Crippen molar-refractivity contribution in [3.05, 3.63) is 35.9 Å². The van der Waals surface area contributed by atoms with Gasteiger partial charge in [0.1, 0.15) is 0 Å². The Labute approximate surface area is 132 Å². The van der Waals surface area contributed by atoms with E-state index in [4.69, 9.17) is 0 Å². The van der Waals surface area contributed by atoms with Gasteiger partial charge in [-0.15, -0.1) is 0 Å². The smallest absolute Gasteiger partial charge is 0.224 e. The summed E-state index contributed by atoms with van der Waals surface area (Å²) in [4.78, 5) is 23.7. The Bertz CT molecular complexity index is 465. The number of carbonyl (C=O) groups excluding carboxylic acids is 2. The quantitative estimate of drug-likeness (QED) is 0.794. The molecule has 0 unspecified atom stereocenters. The molecule has 4 heteroatoms. The third kappa shape index (κ3) is 6.29. The lowest BCUT2D eigenvalue weighted by atomic mass is 10.1. The van der Waals surface area contributed by atoms with E-state index in [0.717, 1.165) is 18.4 Å². The molecule has 1 saturated carbocycles. The van der Waals surface area contributed by atoms with Crippen LogP contribution in [0.15, 0.2) is 30.3 Å². The first-order chi connectivity index (χ1) is 10.7. The molecule has 1 aromatic carbocycles. The van der Waals surface area contributed by atoms with E-state index in [1.54, 1.807) is 0 Å². The predicted octanol–water partition coefficient (Wildman–Crippen LogP) is 2.57. The second kappa shape index (κ2) is 9.23. The average molecular weight is 302 g/mol. The van der Waals surface area contributed by atoms with Gasteiger partial charge in [-0.25, -0.2) is 0 Å². The third-order valence-corrected chi connectivity index (χ3v) is 4.10. The molecule has 0 spiro atoms. The van der Waals surface area contributed by atoms with Crippen molar-refractivity contribution in [1.82, 2.24) is 10.6 Å². The van der Waals surface area contributed by atoms with Crippen LogP contribution < -0.4 is 10.6 Å². The number of hydrogen-bond donors (Lipinski definition) is 2. The van der Waals surface area contributed by atoms with Gasteiger partial charge < -0.3 is 10.6 Å². The molecule has 1 aromatic rings. The maximum atomic E-state index is 11.9. The molecular formula is C18H26N2O2. The van der Waals surface area contributed by atoms with Crippen molar-refractivity contribution in [2.75, 3.05) is 6.54 Å². The molecule has 1 aliphatic carbocycles. The largest absolute Gasteiger partial charge is 0.355 e. The Morgan fingerprint density at radius 1 is 0.955 bits per heavy atom. The zero-order chi connectivity index (χ0) is 15.6. The molecule has 0 radical (unpaired) electrons. The first-order valence-corrected chi connectivity index (χ1v) is 8.34. The molecule has 4 nitrogen and oxygen atoms in total. The highest BCUT2D eigenvalue weighted by molar-refractivity contribution is 5.80. The Kier molecular flexibility index (Phi) is 6.94. The van der Waals surface area contributed by atoms with Crippen LogP contribution in [0.4, 0.5) is 0 Å². The molecule has 120 valence electrons. The van der Waals surface area contributed by atoms with Gasteiger partial charge in [-0.05, 0) is 18.4 Å². The van der Waals surface area contributed by atoms with E-state index in [-0.39, 0.29) is 11.8 Å². The Balaban J connectivity index is 1.61. The fourth-order valence-corrected chi connectivity index (χ4v) is 2.88. The zero-order valence-electron chi connectivity index (χ0n) is 13.1. The van der Waals surface area contributed by atoms with E-state index >= 15 is 0 Å². The Hall–Kier alpha value is -1.84. The molecule has 0 heterocycles. The number of nitrogens with one attached hydrogen (secondary N) is 2. The molecule has 0 aliphatic heterocycles. The number of hydrogen-bond acceptors (Lipinski definition) is 2. The summed E-state index contributed by atoms with van der Waals surface area (Å²) in [5.74, 6) is 0.0142.